The van der Waals surface area contributed by atoms with Crippen molar-refractivity contribution in [3.05, 3.63) is 31.8 Å². The van der Waals surface area contributed by atoms with Gasteiger partial charge >= 0.3 is 0 Å². The zero-order valence-electron chi connectivity index (χ0n) is 10.7. The maximum atomic E-state index is 11.4. The number of rotatable bonds is 5. The Bertz CT molecular complexity index is 684. The summed E-state index contributed by atoms with van der Waals surface area (Å²) in [5.74, 6) is -0.123. The molecule has 0 aliphatic carbocycles. The van der Waals surface area contributed by atoms with Gasteiger partial charge in [-0.1, -0.05) is 11.6 Å². The lowest BCUT2D eigenvalue weighted by molar-refractivity contribution is 0.102. The van der Waals surface area contributed by atoms with Crippen LogP contribution < -0.4 is 11.1 Å². The lowest BCUT2D eigenvalue weighted by Gasteiger charge is -2.02. The molecule has 3 N–H and O–H groups in total. The molecular weight excluding hydrogens is 314 g/mol. The van der Waals surface area contributed by atoms with Gasteiger partial charge in [-0.05, 0) is 18.6 Å². The first-order chi connectivity index (χ1) is 9.52. The Morgan fingerprint density at radius 1 is 1.50 bits per heavy atom. The van der Waals surface area contributed by atoms with Gasteiger partial charge in [0.05, 0.1) is 14.9 Å². The van der Waals surface area contributed by atoms with Crippen LogP contribution in [-0.2, 0) is 6.42 Å². The average Bonchev–Trinajstić information content (AvgIpc) is 2.94. The standard InChI is InChI=1S/C13H12ClN3OS2/c1-7(18)12-11(16)9(6-15)13(20-12)17-5-4-8-2-3-10(14)19-8/h2-3,17H,4-5,16H2,1H3. The Morgan fingerprint density at radius 2 is 2.25 bits per heavy atom. The molecule has 0 atom stereocenters. The topological polar surface area (TPSA) is 78.9 Å². The number of nitrogens with zero attached hydrogens (tertiary/aromatic N) is 1. The smallest absolute Gasteiger partial charge is 0.171 e. The van der Waals surface area contributed by atoms with Crippen LogP contribution in [0.2, 0.25) is 4.34 Å². The Kier molecular flexibility index (Phi) is 4.65. The van der Waals surface area contributed by atoms with Gasteiger partial charge < -0.3 is 11.1 Å². The first-order valence-electron chi connectivity index (χ1n) is 5.84. The van der Waals surface area contributed by atoms with Crippen LogP contribution in [0.3, 0.4) is 0 Å². The third-order valence-electron chi connectivity index (χ3n) is 2.66. The highest BCUT2D eigenvalue weighted by atomic mass is 35.5. The zero-order chi connectivity index (χ0) is 14.7. The van der Waals surface area contributed by atoms with Gasteiger partial charge in [-0.2, -0.15) is 5.26 Å². The number of halogens is 1. The zero-order valence-corrected chi connectivity index (χ0v) is 13.1. The summed E-state index contributed by atoms with van der Waals surface area (Å²) in [6.07, 6.45) is 0.801. The highest BCUT2D eigenvalue weighted by Gasteiger charge is 2.18. The fourth-order valence-corrected chi connectivity index (χ4v) is 3.81. The SMILES string of the molecule is CC(=O)c1sc(NCCc2ccc(Cl)s2)c(C#N)c1N. The van der Waals surface area contributed by atoms with Crippen molar-refractivity contribution < 1.29 is 4.79 Å². The minimum Gasteiger partial charge on any atom is -0.396 e. The maximum absolute atomic E-state index is 11.4. The molecule has 0 aromatic carbocycles. The molecule has 0 aliphatic rings. The van der Waals surface area contributed by atoms with E-state index in [-0.39, 0.29) is 11.5 Å². The van der Waals surface area contributed by atoms with Crippen LogP contribution in [0, 0.1) is 11.3 Å². The third-order valence-corrected chi connectivity index (χ3v) is 5.22. The molecule has 2 heterocycles. The number of nitriles is 1. The van der Waals surface area contributed by atoms with Crippen molar-refractivity contribution in [3.63, 3.8) is 0 Å². The van der Waals surface area contributed by atoms with Crippen molar-refractivity contribution >= 4 is 50.7 Å². The van der Waals surface area contributed by atoms with Crippen molar-refractivity contribution in [3.8, 4) is 6.07 Å². The normalized spacial score (nSPS) is 10.2. The number of carbonyl (C=O) groups is 1. The van der Waals surface area contributed by atoms with Gasteiger partial charge in [0.15, 0.2) is 5.78 Å². The summed E-state index contributed by atoms with van der Waals surface area (Å²) in [6, 6.07) is 5.88. The van der Waals surface area contributed by atoms with E-state index >= 15 is 0 Å². The second-order valence-corrected chi connectivity index (χ2v) is 6.92. The van der Waals surface area contributed by atoms with Crippen molar-refractivity contribution in [2.24, 2.45) is 0 Å². The van der Waals surface area contributed by atoms with E-state index in [4.69, 9.17) is 22.6 Å². The number of Topliss-reactive ketones (excluding diaryl/α,β-unsaturated/α-hetero) is 1. The van der Waals surface area contributed by atoms with Gasteiger partial charge in [0, 0.05) is 18.3 Å². The quantitative estimate of drug-likeness (QED) is 0.820. The molecule has 2 rings (SSSR count). The van der Waals surface area contributed by atoms with Crippen LogP contribution in [0.1, 0.15) is 27.0 Å². The summed E-state index contributed by atoms with van der Waals surface area (Å²) < 4.78 is 0.761. The van der Waals surface area contributed by atoms with Crippen LogP contribution in [-0.4, -0.2) is 12.3 Å². The van der Waals surface area contributed by atoms with E-state index in [2.05, 4.69) is 5.32 Å². The molecule has 20 heavy (non-hydrogen) atoms. The first-order valence-corrected chi connectivity index (χ1v) is 7.85. The molecule has 0 bridgehead atoms. The number of thiophene rings is 2. The van der Waals surface area contributed by atoms with Crippen LogP contribution in [0.5, 0.6) is 0 Å². The van der Waals surface area contributed by atoms with Crippen molar-refractivity contribution in [1.29, 1.82) is 5.26 Å². The summed E-state index contributed by atoms with van der Waals surface area (Å²) >= 11 is 8.63. The number of anilines is 2. The summed E-state index contributed by atoms with van der Waals surface area (Å²) in [7, 11) is 0. The van der Waals surface area contributed by atoms with Crippen molar-refractivity contribution in [1.82, 2.24) is 0 Å². The monoisotopic (exact) mass is 325 g/mol. The van der Waals surface area contributed by atoms with E-state index in [1.807, 2.05) is 18.2 Å². The van der Waals surface area contributed by atoms with Gasteiger partial charge in [0.1, 0.15) is 16.6 Å². The lowest BCUT2D eigenvalue weighted by Crippen LogP contribution is -2.03. The Morgan fingerprint density at radius 3 is 2.80 bits per heavy atom. The molecule has 0 spiro atoms. The number of hydrogen-bond donors (Lipinski definition) is 2. The number of hydrogen-bond acceptors (Lipinski definition) is 6. The van der Waals surface area contributed by atoms with Gasteiger partial charge in [0.25, 0.3) is 0 Å². The second kappa shape index (κ2) is 6.27. The average molecular weight is 326 g/mol. The minimum atomic E-state index is -0.123. The van der Waals surface area contributed by atoms with E-state index in [1.165, 1.54) is 29.6 Å². The van der Waals surface area contributed by atoms with E-state index in [0.29, 0.717) is 22.0 Å². The van der Waals surface area contributed by atoms with Crippen LogP contribution in [0.4, 0.5) is 10.7 Å². The van der Waals surface area contributed by atoms with Crippen molar-refractivity contribution in [2.45, 2.75) is 13.3 Å². The van der Waals surface area contributed by atoms with E-state index < -0.39 is 0 Å². The molecular formula is C13H12ClN3OS2. The highest BCUT2D eigenvalue weighted by Crippen LogP contribution is 2.35. The predicted molar refractivity (Wildman–Crippen MR) is 85.0 cm³/mol. The molecule has 4 nitrogen and oxygen atoms in total. The Labute approximate surface area is 129 Å². The minimum absolute atomic E-state index is 0.123. The molecule has 0 saturated carbocycles. The van der Waals surface area contributed by atoms with Crippen LogP contribution in [0.15, 0.2) is 12.1 Å². The number of nitrogens with one attached hydrogen (secondary N) is 1. The van der Waals surface area contributed by atoms with Gasteiger partial charge in [0.2, 0.25) is 0 Å². The summed E-state index contributed by atoms with van der Waals surface area (Å²) in [5.41, 5.74) is 6.43. The van der Waals surface area contributed by atoms with E-state index in [1.54, 1.807) is 0 Å². The Balaban J connectivity index is 2.08. The Hall–Kier alpha value is -1.55. The number of nitrogen functional groups attached to an aromatic ring is 1. The summed E-state index contributed by atoms with van der Waals surface area (Å²) in [5, 5.41) is 12.9. The van der Waals surface area contributed by atoms with Crippen LogP contribution in [0.25, 0.3) is 0 Å². The summed E-state index contributed by atoms with van der Waals surface area (Å²) in [6.45, 7) is 2.10. The largest absolute Gasteiger partial charge is 0.396 e. The molecule has 2 aromatic heterocycles. The van der Waals surface area contributed by atoms with Crippen molar-refractivity contribution in [2.75, 3.05) is 17.6 Å². The number of nitrogens with two attached hydrogens (primary N) is 1. The molecule has 7 heteroatoms. The molecule has 0 fully saturated rings. The number of carbonyl (C=O) groups excluding carboxylic acids is 1. The van der Waals surface area contributed by atoms with Gasteiger partial charge in [-0.3, -0.25) is 4.79 Å². The lowest BCUT2D eigenvalue weighted by atomic mass is 10.2. The molecule has 0 radical (unpaired) electrons. The fraction of sp³-hybridized carbons (Fsp3) is 0.231. The first kappa shape index (κ1) is 14.9. The highest BCUT2D eigenvalue weighted by molar-refractivity contribution is 7.19. The van der Waals surface area contributed by atoms with Gasteiger partial charge in [-0.15, -0.1) is 22.7 Å². The fourth-order valence-electron chi connectivity index (χ4n) is 1.73. The van der Waals surface area contributed by atoms with Crippen LogP contribution >= 0.6 is 34.3 Å². The van der Waals surface area contributed by atoms with E-state index in [9.17, 15) is 4.79 Å². The molecule has 2 aromatic rings. The molecule has 0 aliphatic heterocycles. The van der Waals surface area contributed by atoms with Gasteiger partial charge in [-0.25, -0.2) is 0 Å². The summed E-state index contributed by atoms with van der Waals surface area (Å²) in [4.78, 5) is 13.0. The molecule has 104 valence electrons. The molecule has 0 amide bonds. The predicted octanol–water partition coefficient (Wildman–Crippen LogP) is 3.77. The maximum Gasteiger partial charge on any atom is 0.171 e. The molecule has 0 saturated heterocycles. The number of ketones is 1. The molecule has 0 unspecified atom stereocenters. The van der Waals surface area contributed by atoms with E-state index in [0.717, 1.165) is 15.6 Å². The third kappa shape index (κ3) is 3.12. The second-order valence-electron chi connectivity index (χ2n) is 4.10.